The molecule has 28 heavy (non-hydrogen) atoms. The summed E-state index contributed by atoms with van der Waals surface area (Å²) in [4.78, 5) is 27.0. The van der Waals surface area contributed by atoms with Crippen molar-refractivity contribution in [1.29, 1.82) is 0 Å². The zero-order valence-electron chi connectivity index (χ0n) is 15.6. The van der Waals surface area contributed by atoms with Crippen LogP contribution in [0, 0.1) is 17.6 Å². The van der Waals surface area contributed by atoms with Crippen molar-refractivity contribution in [2.45, 2.75) is 45.3 Å². The van der Waals surface area contributed by atoms with Crippen molar-refractivity contribution in [3.8, 4) is 0 Å². The molecule has 0 saturated heterocycles. The second kappa shape index (κ2) is 9.41. The molecule has 0 unspecified atom stereocenters. The molecule has 0 saturated carbocycles. The molecule has 2 atom stereocenters. The molecule has 0 spiro atoms. The van der Waals surface area contributed by atoms with E-state index in [0.717, 1.165) is 6.07 Å². The first-order chi connectivity index (χ1) is 13.2. The number of halogens is 2. The van der Waals surface area contributed by atoms with Crippen LogP contribution in [0.15, 0.2) is 30.7 Å². The number of aromatic nitrogens is 2. The Bertz CT molecular complexity index is 838. The number of carboxylic acid groups (broad SMARTS) is 2. The normalized spacial score (nSPS) is 13.5. The molecule has 0 aliphatic carbocycles. The fraction of sp³-hybridized carbons (Fsp3) is 0.421. The highest BCUT2D eigenvalue weighted by Crippen LogP contribution is 2.15. The highest BCUT2D eigenvalue weighted by Gasteiger charge is 2.27. The van der Waals surface area contributed by atoms with E-state index in [0.29, 0.717) is 5.69 Å². The van der Waals surface area contributed by atoms with Gasteiger partial charge >= 0.3 is 11.9 Å². The van der Waals surface area contributed by atoms with Gasteiger partial charge in [-0.3, -0.25) is 14.9 Å². The van der Waals surface area contributed by atoms with Crippen molar-refractivity contribution in [1.82, 2.24) is 14.9 Å². The van der Waals surface area contributed by atoms with Crippen LogP contribution in [0.3, 0.4) is 0 Å². The molecular formula is C19H23F2N3O4. The van der Waals surface area contributed by atoms with Gasteiger partial charge in [0, 0.05) is 23.9 Å². The average Bonchev–Trinajstić information content (AvgIpc) is 3.03. The molecule has 0 fully saturated rings. The number of carbonyl (C=O) groups is 2. The van der Waals surface area contributed by atoms with E-state index in [-0.39, 0.29) is 30.9 Å². The summed E-state index contributed by atoms with van der Waals surface area (Å²) >= 11 is 0. The molecule has 0 bridgehead atoms. The zero-order chi connectivity index (χ0) is 20.8. The predicted octanol–water partition coefficient (Wildman–Crippen LogP) is 2.29. The Morgan fingerprint density at radius 2 is 1.86 bits per heavy atom. The van der Waals surface area contributed by atoms with Crippen molar-refractivity contribution in [3.05, 3.63) is 53.6 Å². The van der Waals surface area contributed by atoms with Crippen LogP contribution in [-0.2, 0) is 22.6 Å². The van der Waals surface area contributed by atoms with Gasteiger partial charge in [-0.25, -0.2) is 13.8 Å². The summed E-state index contributed by atoms with van der Waals surface area (Å²) in [6, 6.07) is 1.64. The van der Waals surface area contributed by atoms with Crippen molar-refractivity contribution in [2.24, 2.45) is 5.92 Å². The van der Waals surface area contributed by atoms with Gasteiger partial charge in [0.2, 0.25) is 0 Å². The van der Waals surface area contributed by atoms with Crippen LogP contribution in [0.4, 0.5) is 8.78 Å². The molecule has 2 rings (SSSR count). The third kappa shape index (κ3) is 5.59. The van der Waals surface area contributed by atoms with Crippen LogP contribution in [0.5, 0.6) is 0 Å². The molecule has 0 radical (unpaired) electrons. The maximum absolute atomic E-state index is 13.9. The Hall–Kier alpha value is -2.81. The number of imidazole rings is 1. The molecule has 7 nitrogen and oxygen atoms in total. The molecule has 2 aromatic rings. The van der Waals surface area contributed by atoms with Gasteiger partial charge in [0.1, 0.15) is 12.1 Å². The minimum atomic E-state index is -1.21. The number of carboxylic acids is 2. The first-order valence-corrected chi connectivity index (χ1v) is 8.82. The van der Waals surface area contributed by atoms with E-state index in [4.69, 9.17) is 0 Å². The molecule has 1 aromatic carbocycles. The van der Waals surface area contributed by atoms with Gasteiger partial charge in [-0.2, -0.15) is 0 Å². The van der Waals surface area contributed by atoms with E-state index < -0.39 is 35.7 Å². The van der Waals surface area contributed by atoms with Crippen molar-refractivity contribution in [2.75, 3.05) is 0 Å². The molecule has 0 aliphatic heterocycles. The highest BCUT2D eigenvalue weighted by atomic mass is 19.2. The second-order valence-electron chi connectivity index (χ2n) is 7.01. The van der Waals surface area contributed by atoms with Crippen LogP contribution in [0.1, 0.15) is 31.5 Å². The van der Waals surface area contributed by atoms with E-state index in [2.05, 4.69) is 10.3 Å². The van der Waals surface area contributed by atoms with Gasteiger partial charge in [0.25, 0.3) is 0 Å². The van der Waals surface area contributed by atoms with Gasteiger partial charge < -0.3 is 14.8 Å². The third-order valence-electron chi connectivity index (χ3n) is 4.29. The average molecular weight is 395 g/mol. The summed E-state index contributed by atoms with van der Waals surface area (Å²) in [5.74, 6) is -4.22. The van der Waals surface area contributed by atoms with E-state index in [1.54, 1.807) is 0 Å². The molecule has 0 amide bonds. The van der Waals surface area contributed by atoms with Gasteiger partial charge in [-0.1, -0.05) is 26.0 Å². The Kier molecular flexibility index (Phi) is 7.22. The fourth-order valence-corrected chi connectivity index (χ4v) is 2.90. The van der Waals surface area contributed by atoms with Crippen LogP contribution >= 0.6 is 0 Å². The number of hydrogen-bond acceptors (Lipinski definition) is 4. The topological polar surface area (TPSA) is 104 Å². The summed E-state index contributed by atoms with van der Waals surface area (Å²) in [5.41, 5.74) is 0.555. The first kappa shape index (κ1) is 21.5. The molecule has 3 N–H and O–H groups in total. The quantitative estimate of drug-likeness (QED) is 0.570. The molecular weight excluding hydrogens is 372 g/mol. The predicted molar refractivity (Wildman–Crippen MR) is 96.8 cm³/mol. The van der Waals surface area contributed by atoms with Crippen molar-refractivity contribution >= 4 is 11.9 Å². The number of hydrogen-bond donors (Lipinski definition) is 3. The number of benzene rings is 1. The minimum absolute atomic E-state index is 0.0282. The monoisotopic (exact) mass is 395 g/mol. The Morgan fingerprint density at radius 1 is 1.18 bits per heavy atom. The molecule has 1 heterocycles. The Morgan fingerprint density at radius 3 is 2.46 bits per heavy atom. The van der Waals surface area contributed by atoms with Crippen molar-refractivity contribution < 1.29 is 28.6 Å². The number of rotatable bonds is 10. The van der Waals surface area contributed by atoms with E-state index in [9.17, 15) is 28.6 Å². The lowest BCUT2D eigenvalue weighted by atomic mass is 10.0. The standard InChI is InChI=1S/C19H23F2N3O4/c1-11(2)6-15(18(25)26)23-16(19(27)28)7-13-8-22-10-24(13)9-12-4-3-5-14(20)17(12)21/h3-5,8,10-11,15-16,23H,6-7,9H2,1-2H3,(H,25,26)(H,27,28)/t15-,16-/m0/s1. The Labute approximate surface area is 161 Å². The van der Waals surface area contributed by atoms with Gasteiger partial charge in [-0.15, -0.1) is 0 Å². The molecule has 9 heteroatoms. The molecule has 152 valence electrons. The molecule has 0 aliphatic rings. The lowest BCUT2D eigenvalue weighted by molar-refractivity contribution is -0.142. The van der Waals surface area contributed by atoms with Crippen LogP contribution in [-0.4, -0.2) is 43.8 Å². The smallest absolute Gasteiger partial charge is 0.321 e. The second-order valence-corrected chi connectivity index (χ2v) is 7.01. The number of aliphatic carboxylic acids is 2. The molecule has 1 aromatic heterocycles. The van der Waals surface area contributed by atoms with Gasteiger partial charge in [-0.05, 0) is 18.4 Å². The van der Waals surface area contributed by atoms with E-state index >= 15 is 0 Å². The van der Waals surface area contributed by atoms with E-state index in [1.807, 2.05) is 13.8 Å². The van der Waals surface area contributed by atoms with Gasteiger partial charge in [0.15, 0.2) is 11.6 Å². The van der Waals surface area contributed by atoms with Gasteiger partial charge in [0.05, 0.1) is 12.9 Å². The third-order valence-corrected chi connectivity index (χ3v) is 4.29. The number of nitrogens with one attached hydrogen (secondary N) is 1. The summed E-state index contributed by atoms with van der Waals surface area (Å²) in [5, 5.41) is 21.5. The lowest BCUT2D eigenvalue weighted by Gasteiger charge is -2.22. The summed E-state index contributed by atoms with van der Waals surface area (Å²) in [6.07, 6.45) is 3.02. The van der Waals surface area contributed by atoms with Crippen molar-refractivity contribution in [3.63, 3.8) is 0 Å². The van der Waals surface area contributed by atoms with E-state index in [1.165, 1.54) is 29.2 Å². The SMILES string of the molecule is CC(C)C[C@H](N[C@@H](Cc1cncn1Cc1cccc(F)c1F)C(=O)O)C(=O)O. The maximum atomic E-state index is 13.9. The lowest BCUT2D eigenvalue weighted by Crippen LogP contribution is -2.49. The minimum Gasteiger partial charge on any atom is -0.480 e. The number of nitrogens with zero attached hydrogens (tertiary/aromatic N) is 2. The Balaban J connectivity index is 2.18. The highest BCUT2D eigenvalue weighted by molar-refractivity contribution is 5.77. The van der Waals surface area contributed by atoms with Crippen LogP contribution < -0.4 is 5.32 Å². The zero-order valence-corrected chi connectivity index (χ0v) is 15.6. The summed E-state index contributed by atoms with van der Waals surface area (Å²) in [7, 11) is 0. The summed E-state index contributed by atoms with van der Waals surface area (Å²) in [6.45, 7) is 3.66. The summed E-state index contributed by atoms with van der Waals surface area (Å²) < 4.78 is 28.8. The maximum Gasteiger partial charge on any atom is 0.321 e. The largest absolute Gasteiger partial charge is 0.480 e. The van der Waals surface area contributed by atoms with Crippen LogP contribution in [0.2, 0.25) is 0 Å². The fourth-order valence-electron chi connectivity index (χ4n) is 2.90. The van der Waals surface area contributed by atoms with Crippen LogP contribution in [0.25, 0.3) is 0 Å². The first-order valence-electron chi connectivity index (χ1n) is 8.82.